The van der Waals surface area contributed by atoms with E-state index in [1.165, 1.54) is 6.26 Å². The van der Waals surface area contributed by atoms with Gasteiger partial charge < -0.3 is 14.1 Å². The van der Waals surface area contributed by atoms with Crippen molar-refractivity contribution in [3.63, 3.8) is 0 Å². The van der Waals surface area contributed by atoms with Crippen molar-refractivity contribution in [2.75, 3.05) is 24.7 Å². The fourth-order valence-corrected chi connectivity index (χ4v) is 5.36. The molecule has 8 heteroatoms. The van der Waals surface area contributed by atoms with Crippen LogP contribution in [-0.2, 0) is 30.6 Å². The summed E-state index contributed by atoms with van der Waals surface area (Å²) in [7, 11) is -3.11. The Morgan fingerprint density at radius 1 is 1.31 bits per heavy atom. The van der Waals surface area contributed by atoms with Crippen molar-refractivity contribution in [3.8, 4) is 0 Å². The second-order valence-electron chi connectivity index (χ2n) is 8.09. The molecular formula is C21H27NO6S. The van der Waals surface area contributed by atoms with E-state index >= 15 is 0 Å². The molecule has 0 aliphatic carbocycles. The number of ether oxygens (including phenoxy) is 1. The van der Waals surface area contributed by atoms with Crippen molar-refractivity contribution >= 4 is 32.7 Å². The standard InChI is InChI=1S/C21H27NO6S/c1-14(2)10-22(17-6-7-29(25,26)13-17)20(23)12-28-21(24)9-16-11-27-19-8-15(3)4-5-18(16)19/h4-5,8,11,14,17H,6-7,9-10,12-13H2,1-3H3. The molecule has 0 radical (unpaired) electrons. The van der Waals surface area contributed by atoms with E-state index in [1.54, 1.807) is 4.90 Å². The lowest BCUT2D eigenvalue weighted by molar-refractivity contribution is -0.152. The van der Waals surface area contributed by atoms with E-state index < -0.39 is 22.4 Å². The van der Waals surface area contributed by atoms with E-state index in [4.69, 9.17) is 9.15 Å². The molecule has 1 fully saturated rings. The molecular weight excluding hydrogens is 394 g/mol. The molecule has 0 saturated carbocycles. The first-order chi connectivity index (χ1) is 13.6. The first-order valence-corrected chi connectivity index (χ1v) is 11.6. The third-order valence-corrected chi connectivity index (χ3v) is 6.78. The minimum atomic E-state index is -3.11. The lowest BCUT2D eigenvalue weighted by Gasteiger charge is -2.29. The molecule has 1 unspecified atom stereocenters. The van der Waals surface area contributed by atoms with Crippen molar-refractivity contribution in [1.29, 1.82) is 0 Å². The fourth-order valence-electron chi connectivity index (χ4n) is 3.63. The molecule has 1 aliphatic heterocycles. The van der Waals surface area contributed by atoms with Crippen LogP contribution in [0, 0.1) is 12.8 Å². The van der Waals surface area contributed by atoms with Crippen LogP contribution in [0.1, 0.15) is 31.4 Å². The number of aryl methyl sites for hydroxylation is 1. The van der Waals surface area contributed by atoms with Crippen LogP contribution in [0.2, 0.25) is 0 Å². The zero-order chi connectivity index (χ0) is 21.2. The van der Waals surface area contributed by atoms with Crippen LogP contribution in [0.5, 0.6) is 0 Å². The van der Waals surface area contributed by atoms with Crippen LogP contribution in [0.25, 0.3) is 11.0 Å². The Morgan fingerprint density at radius 3 is 2.72 bits per heavy atom. The Morgan fingerprint density at radius 2 is 2.07 bits per heavy atom. The van der Waals surface area contributed by atoms with E-state index in [2.05, 4.69) is 0 Å². The molecule has 29 heavy (non-hydrogen) atoms. The molecule has 0 bridgehead atoms. The molecule has 2 aromatic rings. The third-order valence-electron chi connectivity index (χ3n) is 5.03. The third kappa shape index (κ3) is 5.38. The molecule has 1 saturated heterocycles. The van der Waals surface area contributed by atoms with Gasteiger partial charge in [-0.3, -0.25) is 9.59 Å². The minimum absolute atomic E-state index is 0.00529. The Labute approximate surface area is 170 Å². The van der Waals surface area contributed by atoms with Crippen LogP contribution in [0.15, 0.2) is 28.9 Å². The van der Waals surface area contributed by atoms with Crippen molar-refractivity contribution in [2.24, 2.45) is 5.92 Å². The molecule has 7 nitrogen and oxygen atoms in total. The van der Waals surface area contributed by atoms with Gasteiger partial charge in [0.05, 0.1) is 24.2 Å². The highest BCUT2D eigenvalue weighted by Gasteiger charge is 2.35. The first-order valence-electron chi connectivity index (χ1n) is 9.77. The summed E-state index contributed by atoms with van der Waals surface area (Å²) in [6.45, 7) is 5.92. The van der Waals surface area contributed by atoms with E-state index in [0.29, 0.717) is 24.1 Å². The number of furan rings is 1. The number of esters is 1. The lowest BCUT2D eigenvalue weighted by atomic mass is 10.1. The van der Waals surface area contributed by atoms with Gasteiger partial charge in [-0.25, -0.2) is 8.42 Å². The molecule has 1 atom stereocenters. The lowest BCUT2D eigenvalue weighted by Crippen LogP contribution is -2.45. The van der Waals surface area contributed by atoms with Gasteiger partial charge in [-0.05, 0) is 30.9 Å². The summed E-state index contributed by atoms with van der Waals surface area (Å²) in [5.41, 5.74) is 2.47. The highest BCUT2D eigenvalue weighted by Crippen LogP contribution is 2.23. The second kappa shape index (κ2) is 8.57. The zero-order valence-electron chi connectivity index (χ0n) is 17.0. The highest BCUT2D eigenvalue weighted by molar-refractivity contribution is 7.91. The summed E-state index contributed by atoms with van der Waals surface area (Å²) < 4.78 is 34.3. The molecule has 1 aliphatic rings. The van der Waals surface area contributed by atoms with E-state index in [-0.39, 0.29) is 35.8 Å². The number of carbonyl (C=O) groups is 2. The summed E-state index contributed by atoms with van der Waals surface area (Å²) in [4.78, 5) is 26.5. The topological polar surface area (TPSA) is 93.9 Å². The zero-order valence-corrected chi connectivity index (χ0v) is 17.8. The van der Waals surface area contributed by atoms with Crippen LogP contribution in [0.3, 0.4) is 0 Å². The predicted molar refractivity (Wildman–Crippen MR) is 109 cm³/mol. The van der Waals surface area contributed by atoms with Crippen LogP contribution in [-0.4, -0.2) is 55.9 Å². The van der Waals surface area contributed by atoms with Crippen LogP contribution >= 0.6 is 0 Å². The number of hydrogen-bond donors (Lipinski definition) is 0. The number of hydrogen-bond acceptors (Lipinski definition) is 6. The van der Waals surface area contributed by atoms with Gasteiger partial charge in [-0.1, -0.05) is 26.0 Å². The summed E-state index contributed by atoms with van der Waals surface area (Å²) >= 11 is 0. The van der Waals surface area contributed by atoms with Crippen molar-refractivity contribution in [1.82, 2.24) is 4.90 Å². The van der Waals surface area contributed by atoms with Crippen molar-refractivity contribution in [3.05, 3.63) is 35.6 Å². The number of rotatable bonds is 7. The Hall–Kier alpha value is -2.35. The molecule has 158 valence electrons. The maximum atomic E-state index is 12.7. The fraction of sp³-hybridized carbons (Fsp3) is 0.524. The monoisotopic (exact) mass is 421 g/mol. The SMILES string of the molecule is Cc1ccc2c(CC(=O)OCC(=O)N(CC(C)C)C3CCS(=O)(=O)C3)coc2c1. The summed E-state index contributed by atoms with van der Waals surface area (Å²) in [5, 5.41) is 0.844. The van der Waals surface area contributed by atoms with Gasteiger partial charge in [0.15, 0.2) is 16.4 Å². The van der Waals surface area contributed by atoms with Gasteiger partial charge >= 0.3 is 5.97 Å². The van der Waals surface area contributed by atoms with Gasteiger partial charge in [-0.15, -0.1) is 0 Å². The molecule has 1 aromatic heterocycles. The van der Waals surface area contributed by atoms with Gasteiger partial charge in [0.1, 0.15) is 5.58 Å². The van der Waals surface area contributed by atoms with Gasteiger partial charge in [0.2, 0.25) is 0 Å². The molecule has 2 heterocycles. The first kappa shape index (κ1) is 21.4. The minimum Gasteiger partial charge on any atom is -0.464 e. The summed E-state index contributed by atoms with van der Waals surface area (Å²) in [5.74, 6) is -0.641. The van der Waals surface area contributed by atoms with Crippen LogP contribution < -0.4 is 0 Å². The average molecular weight is 422 g/mol. The Balaban J connectivity index is 1.60. The maximum Gasteiger partial charge on any atom is 0.310 e. The van der Waals surface area contributed by atoms with E-state index in [1.807, 2.05) is 39.0 Å². The van der Waals surface area contributed by atoms with Crippen LogP contribution in [0.4, 0.5) is 0 Å². The van der Waals surface area contributed by atoms with Crippen molar-refractivity contribution < 1.29 is 27.2 Å². The normalized spacial score (nSPS) is 18.3. The summed E-state index contributed by atoms with van der Waals surface area (Å²) in [6, 6.07) is 5.38. The Kier molecular flexibility index (Phi) is 6.31. The molecule has 0 spiro atoms. The molecule has 0 N–H and O–H groups in total. The van der Waals surface area contributed by atoms with Crippen molar-refractivity contribution in [2.45, 2.75) is 39.7 Å². The smallest absolute Gasteiger partial charge is 0.310 e. The quantitative estimate of drug-likeness (QED) is 0.638. The maximum absolute atomic E-state index is 12.7. The summed E-state index contributed by atoms with van der Waals surface area (Å²) in [6.07, 6.45) is 1.96. The molecule has 3 rings (SSSR count). The predicted octanol–water partition coefficient (Wildman–Crippen LogP) is 2.50. The number of fused-ring (bicyclic) bond motifs is 1. The highest BCUT2D eigenvalue weighted by atomic mass is 32.2. The van der Waals surface area contributed by atoms with Gasteiger partial charge in [-0.2, -0.15) is 0 Å². The van der Waals surface area contributed by atoms with Gasteiger partial charge in [0.25, 0.3) is 5.91 Å². The number of nitrogens with zero attached hydrogens (tertiary/aromatic N) is 1. The Bertz CT molecular complexity index is 1010. The molecule has 1 amide bonds. The number of benzene rings is 1. The molecule has 1 aromatic carbocycles. The van der Waals surface area contributed by atoms with E-state index in [0.717, 1.165) is 10.9 Å². The average Bonchev–Trinajstić information content (AvgIpc) is 3.20. The number of sulfone groups is 1. The van der Waals surface area contributed by atoms with E-state index in [9.17, 15) is 18.0 Å². The number of carbonyl (C=O) groups excluding carboxylic acids is 2. The second-order valence-corrected chi connectivity index (χ2v) is 10.3. The van der Waals surface area contributed by atoms with Gasteiger partial charge in [0, 0.05) is 23.5 Å². The number of amides is 1. The largest absolute Gasteiger partial charge is 0.464 e.